The quantitative estimate of drug-likeness (QED) is 0.782. The van der Waals surface area contributed by atoms with Crippen molar-refractivity contribution in [3.8, 4) is 0 Å². The second-order valence-corrected chi connectivity index (χ2v) is 6.90. The number of ether oxygens (including phenoxy) is 1. The largest absolute Gasteiger partial charge is 0.468 e. The molecule has 0 unspecified atom stereocenters. The molecule has 0 radical (unpaired) electrons. The third-order valence-corrected chi connectivity index (χ3v) is 6.26. The number of carbonyl (C=O) groups is 1. The molecular weight excluding hydrogens is 318 g/mol. The van der Waals surface area contributed by atoms with Crippen LogP contribution in [0.15, 0.2) is 20.1 Å². The van der Waals surface area contributed by atoms with E-state index in [0.717, 1.165) is 15.6 Å². The lowest BCUT2D eigenvalue weighted by atomic mass is 10.7. The summed E-state index contributed by atoms with van der Waals surface area (Å²) in [7, 11) is -1.08. The molecule has 0 N–H and O–H groups in total. The van der Waals surface area contributed by atoms with E-state index in [1.807, 2.05) is 0 Å². The van der Waals surface area contributed by atoms with Gasteiger partial charge in [0, 0.05) is 11.5 Å². The molecule has 1 heterocycles. The van der Waals surface area contributed by atoms with Gasteiger partial charge in [-0.25, -0.2) is 8.42 Å². The molecule has 0 bridgehead atoms. The summed E-state index contributed by atoms with van der Waals surface area (Å²) in [5, 5.41) is 1.66. The molecule has 1 rings (SSSR count). The number of nitrogens with zero attached hydrogens (tertiary/aromatic N) is 1. The molecule has 0 spiro atoms. The van der Waals surface area contributed by atoms with Gasteiger partial charge in [-0.1, -0.05) is 0 Å². The number of hydrogen-bond acceptors (Lipinski definition) is 5. The van der Waals surface area contributed by atoms with Crippen molar-refractivity contribution >= 4 is 43.3 Å². The first-order valence-corrected chi connectivity index (χ1v) is 7.27. The summed E-state index contributed by atoms with van der Waals surface area (Å²) in [4.78, 5) is 11.0. The van der Waals surface area contributed by atoms with E-state index in [-0.39, 0.29) is 10.8 Å². The third-order valence-electron chi connectivity index (χ3n) is 1.81. The van der Waals surface area contributed by atoms with Gasteiger partial charge in [-0.05, 0) is 27.4 Å². The minimum absolute atomic E-state index is 0.180. The van der Waals surface area contributed by atoms with E-state index < -0.39 is 16.0 Å². The number of carbonyl (C=O) groups excluding carboxylic acids is 1. The van der Waals surface area contributed by atoms with Gasteiger partial charge < -0.3 is 4.74 Å². The Morgan fingerprint density at radius 2 is 2.25 bits per heavy atom. The van der Waals surface area contributed by atoms with Crippen LogP contribution < -0.4 is 0 Å². The van der Waals surface area contributed by atoms with Gasteiger partial charge in [-0.2, -0.15) is 4.31 Å². The van der Waals surface area contributed by atoms with Crippen LogP contribution in [0, 0.1) is 0 Å². The number of rotatable bonds is 4. The molecule has 0 saturated carbocycles. The van der Waals surface area contributed by atoms with Crippen LogP contribution in [0.1, 0.15) is 0 Å². The van der Waals surface area contributed by atoms with Gasteiger partial charge >= 0.3 is 5.97 Å². The van der Waals surface area contributed by atoms with Crippen molar-refractivity contribution in [2.75, 3.05) is 20.7 Å². The summed E-state index contributed by atoms with van der Waals surface area (Å²) in [6.45, 7) is -0.302. The fourth-order valence-electron chi connectivity index (χ4n) is 0.937. The lowest BCUT2D eigenvalue weighted by Crippen LogP contribution is -2.32. The normalized spacial score (nSPS) is 11.8. The molecule has 8 heteroatoms. The predicted molar refractivity (Wildman–Crippen MR) is 63.9 cm³/mol. The van der Waals surface area contributed by atoms with Gasteiger partial charge in [0.05, 0.1) is 7.11 Å². The zero-order valence-corrected chi connectivity index (χ0v) is 11.9. The molecule has 0 aliphatic carbocycles. The fraction of sp³-hybridized carbons (Fsp3) is 0.375. The van der Waals surface area contributed by atoms with Gasteiger partial charge in [0.25, 0.3) is 10.0 Å². The van der Waals surface area contributed by atoms with Crippen molar-refractivity contribution in [1.29, 1.82) is 0 Å². The number of sulfonamides is 1. The van der Waals surface area contributed by atoms with Crippen molar-refractivity contribution in [2.24, 2.45) is 0 Å². The second-order valence-electron chi connectivity index (χ2n) is 2.89. The molecule has 1 aromatic heterocycles. The first-order chi connectivity index (χ1) is 7.39. The lowest BCUT2D eigenvalue weighted by molar-refractivity contribution is -0.140. The smallest absolute Gasteiger partial charge is 0.321 e. The molecule has 0 aliphatic heterocycles. The number of halogens is 1. The molecule has 0 fully saturated rings. The summed E-state index contributed by atoms with van der Waals surface area (Å²) in [5.74, 6) is -0.598. The minimum atomic E-state index is -3.63. The van der Waals surface area contributed by atoms with Crippen LogP contribution in [-0.4, -0.2) is 39.4 Å². The third kappa shape index (κ3) is 2.82. The van der Waals surface area contributed by atoms with Crippen molar-refractivity contribution in [2.45, 2.75) is 4.21 Å². The average Bonchev–Trinajstić information content (AvgIpc) is 2.64. The van der Waals surface area contributed by atoms with E-state index in [1.54, 1.807) is 11.4 Å². The molecule has 1 aromatic rings. The summed E-state index contributed by atoms with van der Waals surface area (Å²) >= 11 is 4.23. The number of hydrogen-bond donors (Lipinski definition) is 0. The van der Waals surface area contributed by atoms with Gasteiger partial charge in [0.15, 0.2) is 0 Å². The molecule has 0 atom stereocenters. The molecule has 0 aliphatic rings. The minimum Gasteiger partial charge on any atom is -0.468 e. The predicted octanol–water partition coefficient (Wildman–Crippen LogP) is 1.30. The summed E-state index contributed by atoms with van der Waals surface area (Å²) < 4.78 is 30.0. The highest BCUT2D eigenvalue weighted by molar-refractivity contribution is 9.10. The maximum Gasteiger partial charge on any atom is 0.321 e. The van der Waals surface area contributed by atoms with Crippen molar-refractivity contribution in [3.63, 3.8) is 0 Å². The van der Waals surface area contributed by atoms with E-state index in [0.29, 0.717) is 4.47 Å². The molecule has 0 saturated heterocycles. The van der Waals surface area contributed by atoms with E-state index in [4.69, 9.17) is 0 Å². The summed E-state index contributed by atoms with van der Waals surface area (Å²) in [6, 6.07) is 1.64. The topological polar surface area (TPSA) is 63.7 Å². The number of esters is 1. The Balaban J connectivity index is 2.95. The highest BCUT2D eigenvalue weighted by Gasteiger charge is 2.26. The molecule has 5 nitrogen and oxygen atoms in total. The Morgan fingerprint density at radius 3 is 2.69 bits per heavy atom. The molecule has 90 valence electrons. The fourth-order valence-corrected chi connectivity index (χ4v) is 4.55. The van der Waals surface area contributed by atoms with Gasteiger partial charge in [0.1, 0.15) is 10.8 Å². The second kappa shape index (κ2) is 5.26. The molecule has 16 heavy (non-hydrogen) atoms. The Bertz CT molecular complexity index is 482. The van der Waals surface area contributed by atoms with E-state index >= 15 is 0 Å². The maximum atomic E-state index is 12.0. The van der Waals surface area contributed by atoms with Crippen molar-refractivity contribution in [1.82, 2.24) is 4.31 Å². The summed E-state index contributed by atoms with van der Waals surface area (Å²) in [6.07, 6.45) is 0. The van der Waals surface area contributed by atoms with Crippen LogP contribution in [0.25, 0.3) is 0 Å². The zero-order chi connectivity index (χ0) is 12.3. The first kappa shape index (κ1) is 13.6. The van der Waals surface area contributed by atoms with E-state index in [2.05, 4.69) is 20.7 Å². The van der Waals surface area contributed by atoms with Gasteiger partial charge in [-0.3, -0.25) is 4.79 Å². The maximum absolute atomic E-state index is 12.0. The monoisotopic (exact) mass is 327 g/mol. The van der Waals surface area contributed by atoms with Crippen molar-refractivity contribution in [3.05, 3.63) is 15.9 Å². The first-order valence-electron chi connectivity index (χ1n) is 4.15. The highest BCUT2D eigenvalue weighted by Crippen LogP contribution is 2.29. The number of thiophene rings is 1. The number of likely N-dealkylation sites (N-methyl/N-ethyl adjacent to an activating group) is 1. The Kier molecular flexibility index (Phi) is 4.48. The van der Waals surface area contributed by atoms with E-state index in [1.165, 1.54) is 14.2 Å². The molecular formula is C8H10BrNO4S2. The SMILES string of the molecule is COC(=O)CN(C)S(=O)(=O)c1sccc1Br. The lowest BCUT2D eigenvalue weighted by Gasteiger charge is -2.14. The number of methoxy groups -OCH3 is 1. The van der Waals surface area contributed by atoms with Crippen LogP contribution in [0.4, 0.5) is 0 Å². The Labute approximate surface area is 106 Å². The van der Waals surface area contributed by atoms with Crippen LogP contribution in [-0.2, 0) is 19.6 Å². The molecule has 0 aromatic carbocycles. The summed E-state index contributed by atoms with van der Waals surface area (Å²) in [5.41, 5.74) is 0. The van der Waals surface area contributed by atoms with Crippen LogP contribution in [0.2, 0.25) is 0 Å². The van der Waals surface area contributed by atoms with E-state index in [9.17, 15) is 13.2 Å². The van der Waals surface area contributed by atoms with Crippen LogP contribution in [0.5, 0.6) is 0 Å². The highest BCUT2D eigenvalue weighted by atomic mass is 79.9. The van der Waals surface area contributed by atoms with Gasteiger partial charge in [0.2, 0.25) is 0 Å². The van der Waals surface area contributed by atoms with Crippen LogP contribution >= 0.6 is 27.3 Å². The van der Waals surface area contributed by atoms with Gasteiger partial charge in [-0.15, -0.1) is 11.3 Å². The zero-order valence-electron chi connectivity index (χ0n) is 8.64. The molecule has 0 amide bonds. The van der Waals surface area contributed by atoms with Crippen LogP contribution in [0.3, 0.4) is 0 Å². The Hall–Kier alpha value is -0.440. The Morgan fingerprint density at radius 1 is 1.62 bits per heavy atom. The van der Waals surface area contributed by atoms with Crippen molar-refractivity contribution < 1.29 is 17.9 Å². The standard InChI is InChI=1S/C8H10BrNO4S2/c1-10(5-7(11)14-2)16(12,13)8-6(9)3-4-15-8/h3-4H,5H2,1-2H3. The average molecular weight is 328 g/mol.